The van der Waals surface area contributed by atoms with E-state index in [4.69, 9.17) is 10.5 Å². The van der Waals surface area contributed by atoms with Crippen LogP contribution in [0.1, 0.15) is 11.6 Å². The molecular formula is C12H18F2N2O. The first-order valence-electron chi connectivity index (χ1n) is 5.41. The Kier molecular flexibility index (Phi) is 5.31. The van der Waals surface area contributed by atoms with Gasteiger partial charge in [-0.25, -0.2) is 8.78 Å². The Balaban J connectivity index is 2.84. The summed E-state index contributed by atoms with van der Waals surface area (Å²) in [6.45, 7) is -0.00450. The second-order valence-corrected chi connectivity index (χ2v) is 3.86. The molecule has 1 atom stereocenters. The topological polar surface area (TPSA) is 38.5 Å². The van der Waals surface area contributed by atoms with Gasteiger partial charge < -0.3 is 10.5 Å². The number of nitrogens with two attached hydrogens (primary N) is 1. The largest absolute Gasteiger partial charge is 0.497 e. The summed E-state index contributed by atoms with van der Waals surface area (Å²) in [5.41, 5.74) is 6.53. The monoisotopic (exact) mass is 244 g/mol. The zero-order valence-corrected chi connectivity index (χ0v) is 10.1. The molecule has 1 aromatic carbocycles. The zero-order chi connectivity index (χ0) is 12.8. The van der Waals surface area contributed by atoms with E-state index in [1.807, 2.05) is 24.3 Å². The molecule has 0 saturated heterocycles. The quantitative estimate of drug-likeness (QED) is 0.830. The highest BCUT2D eigenvalue weighted by Gasteiger charge is 2.18. The number of benzene rings is 1. The van der Waals surface area contributed by atoms with Crippen LogP contribution in [0.4, 0.5) is 8.78 Å². The second-order valence-electron chi connectivity index (χ2n) is 3.86. The molecule has 1 unspecified atom stereocenters. The number of ether oxygens (including phenoxy) is 1. The summed E-state index contributed by atoms with van der Waals surface area (Å²) < 4.78 is 29.8. The van der Waals surface area contributed by atoms with E-state index < -0.39 is 6.43 Å². The van der Waals surface area contributed by atoms with Gasteiger partial charge in [0.2, 0.25) is 0 Å². The fourth-order valence-corrected chi connectivity index (χ4v) is 1.76. The molecule has 1 rings (SSSR count). The minimum Gasteiger partial charge on any atom is -0.497 e. The number of methoxy groups -OCH3 is 1. The second kappa shape index (κ2) is 6.51. The Hall–Kier alpha value is -1.20. The lowest BCUT2D eigenvalue weighted by molar-refractivity contribution is 0.0822. The molecule has 0 aliphatic rings. The lowest BCUT2D eigenvalue weighted by atomic mass is 10.1. The molecule has 96 valence electrons. The van der Waals surface area contributed by atoms with Crippen molar-refractivity contribution in [3.63, 3.8) is 0 Å². The predicted molar refractivity (Wildman–Crippen MR) is 63.4 cm³/mol. The van der Waals surface area contributed by atoms with Crippen molar-refractivity contribution >= 4 is 0 Å². The van der Waals surface area contributed by atoms with E-state index in [1.54, 1.807) is 19.1 Å². The molecule has 0 fully saturated rings. The Labute approximate surface area is 100 Å². The molecule has 0 saturated carbocycles. The van der Waals surface area contributed by atoms with Crippen molar-refractivity contribution in [1.29, 1.82) is 0 Å². The van der Waals surface area contributed by atoms with E-state index >= 15 is 0 Å². The molecule has 0 aliphatic heterocycles. The molecule has 0 radical (unpaired) electrons. The van der Waals surface area contributed by atoms with Crippen LogP contribution in [0.5, 0.6) is 5.75 Å². The van der Waals surface area contributed by atoms with E-state index in [9.17, 15) is 8.78 Å². The molecule has 0 heterocycles. The Morgan fingerprint density at radius 2 is 2.12 bits per heavy atom. The maximum absolute atomic E-state index is 12.3. The van der Waals surface area contributed by atoms with Crippen LogP contribution in [-0.2, 0) is 0 Å². The minimum absolute atomic E-state index is 0.223. The predicted octanol–water partition coefficient (Wildman–Crippen LogP) is 1.89. The summed E-state index contributed by atoms with van der Waals surface area (Å²) in [6, 6.07) is 7.10. The third-order valence-corrected chi connectivity index (χ3v) is 2.66. The van der Waals surface area contributed by atoms with Crippen LogP contribution in [0.15, 0.2) is 24.3 Å². The lowest BCUT2D eigenvalue weighted by Gasteiger charge is -2.27. The number of nitrogens with zero attached hydrogens (tertiary/aromatic N) is 1. The van der Waals surface area contributed by atoms with Gasteiger partial charge in [0.05, 0.1) is 13.7 Å². The van der Waals surface area contributed by atoms with E-state index in [-0.39, 0.29) is 19.1 Å². The van der Waals surface area contributed by atoms with Crippen molar-refractivity contribution < 1.29 is 13.5 Å². The smallest absolute Gasteiger partial charge is 0.251 e. The van der Waals surface area contributed by atoms with Gasteiger partial charge in [-0.1, -0.05) is 12.1 Å². The van der Waals surface area contributed by atoms with Crippen molar-refractivity contribution in [2.24, 2.45) is 5.73 Å². The summed E-state index contributed by atoms with van der Waals surface area (Å²) in [6.07, 6.45) is -2.36. The maximum Gasteiger partial charge on any atom is 0.251 e. The molecule has 5 heteroatoms. The van der Waals surface area contributed by atoms with Gasteiger partial charge in [-0.15, -0.1) is 0 Å². The van der Waals surface area contributed by atoms with Gasteiger partial charge in [-0.05, 0) is 24.7 Å². The SMILES string of the molecule is COc1cccc(C(CN)N(C)CC(F)F)c1. The van der Waals surface area contributed by atoms with Crippen molar-refractivity contribution in [2.45, 2.75) is 12.5 Å². The summed E-state index contributed by atoms with van der Waals surface area (Å²) in [5, 5.41) is 0. The Bertz CT molecular complexity index is 347. The van der Waals surface area contributed by atoms with Crippen LogP contribution in [-0.4, -0.2) is 38.6 Å². The summed E-state index contributed by atoms with van der Waals surface area (Å²) in [7, 11) is 3.21. The first-order valence-corrected chi connectivity index (χ1v) is 5.41. The first kappa shape index (κ1) is 13.9. The van der Waals surface area contributed by atoms with Crippen LogP contribution in [0.2, 0.25) is 0 Å². The highest BCUT2D eigenvalue weighted by Crippen LogP contribution is 2.23. The summed E-state index contributed by atoms with van der Waals surface area (Å²) in [5.74, 6) is 0.700. The third kappa shape index (κ3) is 3.94. The first-order chi connectivity index (χ1) is 8.08. The number of likely N-dealkylation sites (N-methyl/N-ethyl adjacent to an activating group) is 1. The molecule has 0 bridgehead atoms. The molecule has 0 spiro atoms. The highest BCUT2D eigenvalue weighted by molar-refractivity contribution is 5.30. The van der Waals surface area contributed by atoms with Crippen LogP contribution in [0.25, 0.3) is 0 Å². The number of hydrogen-bond acceptors (Lipinski definition) is 3. The maximum atomic E-state index is 12.3. The van der Waals surface area contributed by atoms with Crippen LogP contribution < -0.4 is 10.5 Å². The number of rotatable bonds is 6. The molecule has 17 heavy (non-hydrogen) atoms. The van der Waals surface area contributed by atoms with Crippen molar-refractivity contribution in [3.05, 3.63) is 29.8 Å². The van der Waals surface area contributed by atoms with Crippen molar-refractivity contribution in [2.75, 3.05) is 27.2 Å². The van der Waals surface area contributed by atoms with E-state index in [2.05, 4.69) is 0 Å². The van der Waals surface area contributed by atoms with Crippen LogP contribution in [0.3, 0.4) is 0 Å². The minimum atomic E-state index is -2.36. The fourth-order valence-electron chi connectivity index (χ4n) is 1.76. The average molecular weight is 244 g/mol. The van der Waals surface area contributed by atoms with Crippen LogP contribution >= 0.6 is 0 Å². The Morgan fingerprint density at radius 3 is 2.65 bits per heavy atom. The summed E-state index contributed by atoms with van der Waals surface area (Å²) in [4.78, 5) is 1.56. The van der Waals surface area contributed by atoms with E-state index in [1.165, 1.54) is 0 Å². The average Bonchev–Trinajstić information content (AvgIpc) is 2.29. The van der Waals surface area contributed by atoms with Gasteiger partial charge in [-0.3, -0.25) is 4.90 Å². The van der Waals surface area contributed by atoms with Gasteiger partial charge in [0.25, 0.3) is 6.43 Å². The molecule has 3 nitrogen and oxygen atoms in total. The third-order valence-electron chi connectivity index (χ3n) is 2.66. The van der Waals surface area contributed by atoms with Gasteiger partial charge in [0.1, 0.15) is 5.75 Å². The van der Waals surface area contributed by atoms with Crippen molar-refractivity contribution in [1.82, 2.24) is 4.90 Å². The number of halogens is 2. The van der Waals surface area contributed by atoms with Gasteiger partial charge >= 0.3 is 0 Å². The van der Waals surface area contributed by atoms with E-state index in [0.29, 0.717) is 5.75 Å². The molecule has 0 aromatic heterocycles. The highest BCUT2D eigenvalue weighted by atomic mass is 19.3. The summed E-state index contributed by atoms with van der Waals surface area (Å²) >= 11 is 0. The molecule has 0 amide bonds. The standard InChI is InChI=1S/C12H18F2N2O/c1-16(8-12(13)14)11(7-15)9-4-3-5-10(6-9)17-2/h3-6,11-12H,7-8,15H2,1-2H3. The normalized spacial score (nSPS) is 13.1. The fraction of sp³-hybridized carbons (Fsp3) is 0.500. The molecule has 0 aliphatic carbocycles. The molecular weight excluding hydrogens is 226 g/mol. The lowest BCUT2D eigenvalue weighted by Crippen LogP contribution is -2.33. The Morgan fingerprint density at radius 1 is 1.41 bits per heavy atom. The number of alkyl halides is 2. The molecule has 1 aromatic rings. The molecule has 2 N–H and O–H groups in total. The van der Waals surface area contributed by atoms with Gasteiger partial charge in [0.15, 0.2) is 0 Å². The van der Waals surface area contributed by atoms with Crippen LogP contribution in [0, 0.1) is 0 Å². The number of hydrogen-bond donors (Lipinski definition) is 1. The zero-order valence-electron chi connectivity index (χ0n) is 10.1. The van der Waals surface area contributed by atoms with Gasteiger partial charge in [0, 0.05) is 12.6 Å². The van der Waals surface area contributed by atoms with Gasteiger partial charge in [-0.2, -0.15) is 0 Å². The van der Waals surface area contributed by atoms with Crippen molar-refractivity contribution in [3.8, 4) is 5.75 Å². The van der Waals surface area contributed by atoms with E-state index in [0.717, 1.165) is 5.56 Å².